The number of terminal acetylenes is 1. The maximum absolute atomic E-state index is 5.37. The van der Waals surface area contributed by atoms with Crippen LogP contribution in [0.4, 0.5) is 0 Å². The Labute approximate surface area is 69.1 Å². The molecule has 0 unspecified atom stereocenters. The fourth-order valence-electron chi connectivity index (χ4n) is 1.43. The van der Waals surface area contributed by atoms with Gasteiger partial charge in [-0.25, -0.2) is 0 Å². The summed E-state index contributed by atoms with van der Waals surface area (Å²) in [5.41, 5.74) is 2.56. The van der Waals surface area contributed by atoms with E-state index >= 15 is 0 Å². The summed E-state index contributed by atoms with van der Waals surface area (Å²) in [6.45, 7) is 5.36. The van der Waals surface area contributed by atoms with E-state index in [2.05, 4.69) is 31.7 Å². The van der Waals surface area contributed by atoms with Crippen molar-refractivity contribution in [3.63, 3.8) is 0 Å². The summed E-state index contributed by atoms with van der Waals surface area (Å²) < 4.78 is 0. The Balaban J connectivity index is 2.81. The summed E-state index contributed by atoms with van der Waals surface area (Å²) in [4.78, 5) is 2.33. The van der Waals surface area contributed by atoms with Gasteiger partial charge in [-0.15, -0.1) is 6.42 Å². The molecular weight excluding hydrogens is 134 g/mol. The third-order valence-electron chi connectivity index (χ3n) is 2.43. The molecule has 0 saturated carbocycles. The van der Waals surface area contributed by atoms with Gasteiger partial charge >= 0.3 is 0 Å². The molecule has 1 rings (SSSR count). The van der Waals surface area contributed by atoms with Crippen LogP contribution in [0.2, 0.25) is 0 Å². The molecule has 1 heteroatoms. The molecule has 11 heavy (non-hydrogen) atoms. The summed E-state index contributed by atoms with van der Waals surface area (Å²) in [5, 5.41) is 0. The maximum atomic E-state index is 5.37. The molecule has 0 aromatic heterocycles. The van der Waals surface area contributed by atoms with E-state index in [1.165, 1.54) is 11.1 Å². The average molecular weight is 149 g/mol. The van der Waals surface area contributed by atoms with Crippen molar-refractivity contribution in [1.29, 1.82) is 0 Å². The van der Waals surface area contributed by atoms with Crippen LogP contribution < -0.4 is 0 Å². The Morgan fingerprint density at radius 1 is 1.64 bits per heavy atom. The zero-order valence-electron chi connectivity index (χ0n) is 7.52. The predicted molar refractivity (Wildman–Crippen MR) is 48.2 cm³/mol. The summed E-state index contributed by atoms with van der Waals surface area (Å²) in [5.74, 6) is 2.76. The highest BCUT2D eigenvalue weighted by Crippen LogP contribution is 2.20. The van der Waals surface area contributed by atoms with Crippen LogP contribution in [0.25, 0.3) is 0 Å². The summed E-state index contributed by atoms with van der Waals surface area (Å²) >= 11 is 0. The normalized spacial score (nSPS) is 26.9. The molecule has 0 N–H and O–H groups in total. The Kier molecular flexibility index (Phi) is 2.36. The first-order valence-electron chi connectivity index (χ1n) is 4.00. The highest BCUT2D eigenvalue weighted by molar-refractivity contribution is 5.33. The molecule has 0 bridgehead atoms. The fourth-order valence-corrected chi connectivity index (χ4v) is 1.43. The standard InChI is InChI=1S/C10H15N/c1-5-10-6-9(3)11(4)7-8(10)2/h1,9H,6-7H2,2-4H3/t9-/m1/s1. The first kappa shape index (κ1) is 8.36. The minimum absolute atomic E-state index is 0.602. The molecule has 0 aromatic rings. The molecule has 0 saturated heterocycles. The van der Waals surface area contributed by atoms with E-state index in [-0.39, 0.29) is 0 Å². The van der Waals surface area contributed by atoms with Crippen molar-refractivity contribution in [2.24, 2.45) is 0 Å². The second-order valence-corrected chi connectivity index (χ2v) is 3.37. The Morgan fingerprint density at radius 3 is 2.82 bits per heavy atom. The molecule has 0 aromatic carbocycles. The van der Waals surface area contributed by atoms with Gasteiger partial charge in [0.1, 0.15) is 0 Å². The van der Waals surface area contributed by atoms with Crippen molar-refractivity contribution < 1.29 is 0 Å². The lowest BCUT2D eigenvalue weighted by atomic mass is 9.97. The SMILES string of the molecule is C#CC1=C(C)CN(C)[C@H](C)C1. The van der Waals surface area contributed by atoms with Crippen LogP contribution in [-0.2, 0) is 0 Å². The van der Waals surface area contributed by atoms with E-state index in [1.807, 2.05) is 0 Å². The topological polar surface area (TPSA) is 3.24 Å². The molecule has 0 radical (unpaired) electrons. The highest BCUT2D eigenvalue weighted by Gasteiger charge is 2.17. The van der Waals surface area contributed by atoms with Crippen molar-refractivity contribution in [1.82, 2.24) is 4.90 Å². The lowest BCUT2D eigenvalue weighted by Crippen LogP contribution is -2.34. The van der Waals surface area contributed by atoms with E-state index in [0.29, 0.717) is 6.04 Å². The van der Waals surface area contributed by atoms with E-state index in [1.54, 1.807) is 0 Å². The van der Waals surface area contributed by atoms with E-state index < -0.39 is 0 Å². The number of rotatable bonds is 0. The minimum atomic E-state index is 0.602. The first-order chi connectivity index (χ1) is 5.15. The average Bonchev–Trinajstić information content (AvgIpc) is 1.97. The zero-order valence-corrected chi connectivity index (χ0v) is 7.52. The molecule has 0 aliphatic carbocycles. The van der Waals surface area contributed by atoms with Crippen molar-refractivity contribution in [2.75, 3.05) is 13.6 Å². The molecule has 0 spiro atoms. The summed E-state index contributed by atoms with van der Waals surface area (Å²) in [6.07, 6.45) is 6.42. The van der Waals surface area contributed by atoms with Crippen molar-refractivity contribution in [3.8, 4) is 12.3 Å². The number of likely N-dealkylation sites (N-methyl/N-ethyl adjacent to an activating group) is 1. The van der Waals surface area contributed by atoms with Gasteiger partial charge in [0.15, 0.2) is 0 Å². The summed E-state index contributed by atoms with van der Waals surface area (Å²) in [7, 11) is 2.14. The molecule has 1 heterocycles. The summed E-state index contributed by atoms with van der Waals surface area (Å²) in [6, 6.07) is 0.602. The molecule has 1 atom stereocenters. The van der Waals surface area contributed by atoms with Gasteiger partial charge in [0.2, 0.25) is 0 Å². The molecule has 1 nitrogen and oxygen atoms in total. The Hall–Kier alpha value is -0.740. The monoisotopic (exact) mass is 149 g/mol. The molecule has 0 fully saturated rings. The van der Waals surface area contributed by atoms with Crippen LogP contribution in [-0.4, -0.2) is 24.5 Å². The second-order valence-electron chi connectivity index (χ2n) is 3.37. The smallest absolute Gasteiger partial charge is 0.0202 e. The van der Waals surface area contributed by atoms with E-state index in [0.717, 1.165) is 13.0 Å². The lowest BCUT2D eigenvalue weighted by Gasteiger charge is -2.30. The third kappa shape index (κ3) is 1.64. The largest absolute Gasteiger partial charge is 0.299 e. The van der Waals surface area contributed by atoms with Gasteiger partial charge in [0.25, 0.3) is 0 Å². The van der Waals surface area contributed by atoms with Gasteiger partial charge in [0, 0.05) is 18.2 Å². The van der Waals surface area contributed by atoms with E-state index in [4.69, 9.17) is 6.42 Å². The van der Waals surface area contributed by atoms with Gasteiger partial charge in [-0.1, -0.05) is 5.92 Å². The minimum Gasteiger partial charge on any atom is -0.299 e. The van der Waals surface area contributed by atoms with Crippen LogP contribution in [0, 0.1) is 12.3 Å². The third-order valence-corrected chi connectivity index (χ3v) is 2.43. The van der Waals surface area contributed by atoms with E-state index in [9.17, 15) is 0 Å². The first-order valence-corrected chi connectivity index (χ1v) is 4.00. The number of hydrogen-bond acceptors (Lipinski definition) is 1. The fraction of sp³-hybridized carbons (Fsp3) is 0.600. The quantitative estimate of drug-likeness (QED) is 0.473. The predicted octanol–water partition coefficient (Wildman–Crippen LogP) is 1.66. The number of nitrogens with zero attached hydrogens (tertiary/aromatic N) is 1. The molecule has 1 aliphatic heterocycles. The molecule has 0 amide bonds. The van der Waals surface area contributed by atoms with Gasteiger partial charge in [-0.2, -0.15) is 0 Å². The molecular formula is C10H15N. The lowest BCUT2D eigenvalue weighted by molar-refractivity contribution is 0.263. The van der Waals surface area contributed by atoms with Crippen molar-refractivity contribution in [2.45, 2.75) is 26.3 Å². The zero-order chi connectivity index (χ0) is 8.43. The Morgan fingerprint density at radius 2 is 2.27 bits per heavy atom. The Bertz CT molecular complexity index is 220. The van der Waals surface area contributed by atoms with Crippen LogP contribution in [0.3, 0.4) is 0 Å². The van der Waals surface area contributed by atoms with Gasteiger partial charge in [0.05, 0.1) is 0 Å². The number of hydrogen-bond donors (Lipinski definition) is 0. The maximum Gasteiger partial charge on any atom is 0.0202 e. The van der Waals surface area contributed by atoms with Crippen LogP contribution in [0.5, 0.6) is 0 Å². The molecule has 60 valence electrons. The highest BCUT2D eigenvalue weighted by atomic mass is 15.1. The molecule has 1 aliphatic rings. The second kappa shape index (κ2) is 3.11. The van der Waals surface area contributed by atoms with Gasteiger partial charge in [-0.05, 0) is 32.9 Å². The van der Waals surface area contributed by atoms with Gasteiger partial charge in [-0.3, -0.25) is 4.90 Å². The van der Waals surface area contributed by atoms with Crippen LogP contribution in [0.1, 0.15) is 20.3 Å². The van der Waals surface area contributed by atoms with Crippen molar-refractivity contribution >= 4 is 0 Å². The van der Waals surface area contributed by atoms with Crippen LogP contribution in [0.15, 0.2) is 11.1 Å². The van der Waals surface area contributed by atoms with Gasteiger partial charge < -0.3 is 0 Å². The van der Waals surface area contributed by atoms with Crippen LogP contribution >= 0.6 is 0 Å². The van der Waals surface area contributed by atoms with Crippen molar-refractivity contribution in [3.05, 3.63) is 11.1 Å².